The molecule has 2 aliphatic heterocycles. The molecule has 1 aromatic heterocycles. The molecule has 20 heavy (non-hydrogen) atoms. The van der Waals surface area contributed by atoms with Gasteiger partial charge in [0.2, 0.25) is 5.91 Å². The van der Waals surface area contributed by atoms with Crippen LogP contribution >= 0.6 is 0 Å². The van der Waals surface area contributed by atoms with Gasteiger partial charge in [0.1, 0.15) is 0 Å². The molecule has 0 aromatic carbocycles. The van der Waals surface area contributed by atoms with Gasteiger partial charge in [0, 0.05) is 38.6 Å². The van der Waals surface area contributed by atoms with Crippen molar-refractivity contribution in [1.29, 1.82) is 0 Å². The first-order chi connectivity index (χ1) is 9.74. The van der Waals surface area contributed by atoms with Crippen LogP contribution in [0.5, 0.6) is 0 Å². The van der Waals surface area contributed by atoms with Gasteiger partial charge in [-0.05, 0) is 25.8 Å². The van der Waals surface area contributed by atoms with Gasteiger partial charge in [-0.1, -0.05) is 0 Å². The van der Waals surface area contributed by atoms with Gasteiger partial charge in [-0.3, -0.25) is 14.4 Å². The Morgan fingerprint density at radius 2 is 2.40 bits per heavy atom. The number of nitrogens with one attached hydrogen (secondary N) is 1. The molecule has 3 rings (SSSR count). The van der Waals surface area contributed by atoms with E-state index < -0.39 is 0 Å². The monoisotopic (exact) mass is 278 g/mol. The summed E-state index contributed by atoms with van der Waals surface area (Å²) in [6.07, 6.45) is 6.14. The molecule has 2 unspecified atom stereocenters. The lowest BCUT2D eigenvalue weighted by atomic mass is 10.1. The Kier molecular flexibility index (Phi) is 4.03. The fourth-order valence-corrected chi connectivity index (χ4v) is 2.80. The molecule has 0 spiro atoms. The molecule has 1 aromatic rings. The maximum absolute atomic E-state index is 12.1. The summed E-state index contributed by atoms with van der Waals surface area (Å²) in [5, 5.41) is 7.23. The standard InChI is InChI=1S/C14H22N4O2/c1-11(14(19)15-8-13-4-2-7-20-13)17-9-12(10-17)18-6-3-5-16-18/h3,5-6,11-13H,2,4,7-10H2,1H3,(H,15,19). The number of hydrogen-bond acceptors (Lipinski definition) is 4. The number of carbonyl (C=O) groups excluding carboxylic acids is 1. The van der Waals surface area contributed by atoms with Crippen molar-refractivity contribution < 1.29 is 9.53 Å². The summed E-state index contributed by atoms with van der Waals surface area (Å²) in [6.45, 7) is 5.20. The van der Waals surface area contributed by atoms with Crippen LogP contribution in [-0.4, -0.2) is 59.0 Å². The number of aromatic nitrogens is 2. The number of likely N-dealkylation sites (tertiary alicyclic amines) is 1. The highest BCUT2D eigenvalue weighted by atomic mass is 16.5. The summed E-state index contributed by atoms with van der Waals surface area (Å²) in [7, 11) is 0. The van der Waals surface area contributed by atoms with Crippen LogP contribution in [0, 0.1) is 0 Å². The Labute approximate surface area is 119 Å². The van der Waals surface area contributed by atoms with E-state index in [1.807, 2.05) is 23.9 Å². The number of hydrogen-bond donors (Lipinski definition) is 1. The molecule has 2 fully saturated rings. The van der Waals surface area contributed by atoms with Gasteiger partial charge in [0.15, 0.2) is 0 Å². The van der Waals surface area contributed by atoms with Gasteiger partial charge in [-0.15, -0.1) is 0 Å². The summed E-state index contributed by atoms with van der Waals surface area (Å²) >= 11 is 0. The summed E-state index contributed by atoms with van der Waals surface area (Å²) < 4.78 is 7.48. The van der Waals surface area contributed by atoms with Gasteiger partial charge in [-0.25, -0.2) is 0 Å². The van der Waals surface area contributed by atoms with Crippen molar-refractivity contribution in [3.8, 4) is 0 Å². The highest BCUT2D eigenvalue weighted by Gasteiger charge is 2.34. The maximum atomic E-state index is 12.1. The number of rotatable bonds is 5. The molecule has 6 heteroatoms. The van der Waals surface area contributed by atoms with Gasteiger partial charge in [0.25, 0.3) is 0 Å². The highest BCUT2D eigenvalue weighted by molar-refractivity contribution is 5.81. The topological polar surface area (TPSA) is 59.4 Å². The molecule has 2 aliphatic rings. The van der Waals surface area contributed by atoms with Crippen molar-refractivity contribution in [3.05, 3.63) is 18.5 Å². The van der Waals surface area contributed by atoms with Crippen LogP contribution in [0.25, 0.3) is 0 Å². The first-order valence-corrected chi connectivity index (χ1v) is 7.36. The fourth-order valence-electron chi connectivity index (χ4n) is 2.80. The van der Waals surface area contributed by atoms with Crippen molar-refractivity contribution in [2.75, 3.05) is 26.2 Å². The lowest BCUT2D eigenvalue weighted by Crippen LogP contribution is -2.56. The van der Waals surface area contributed by atoms with Crippen molar-refractivity contribution in [1.82, 2.24) is 20.0 Å². The number of amides is 1. The molecule has 1 amide bonds. The summed E-state index contributed by atoms with van der Waals surface area (Å²) in [6, 6.07) is 2.25. The Hall–Kier alpha value is -1.40. The van der Waals surface area contributed by atoms with Gasteiger partial charge < -0.3 is 10.1 Å². The van der Waals surface area contributed by atoms with E-state index >= 15 is 0 Å². The first kappa shape index (κ1) is 13.6. The van der Waals surface area contributed by atoms with Crippen LogP contribution in [0.4, 0.5) is 0 Å². The largest absolute Gasteiger partial charge is 0.376 e. The van der Waals surface area contributed by atoms with Crippen LogP contribution in [0.15, 0.2) is 18.5 Å². The molecule has 2 atom stereocenters. The third-order valence-electron chi connectivity index (χ3n) is 4.24. The normalized spacial score (nSPS) is 25.4. The Bertz CT molecular complexity index is 436. The molecule has 3 heterocycles. The first-order valence-electron chi connectivity index (χ1n) is 7.36. The minimum absolute atomic E-state index is 0.0804. The van der Waals surface area contributed by atoms with E-state index in [1.165, 1.54) is 0 Å². The zero-order valence-electron chi connectivity index (χ0n) is 11.9. The van der Waals surface area contributed by atoms with Crippen molar-refractivity contribution >= 4 is 5.91 Å². The lowest BCUT2D eigenvalue weighted by Gasteiger charge is -2.42. The second-order valence-corrected chi connectivity index (χ2v) is 5.65. The zero-order valence-corrected chi connectivity index (χ0v) is 11.9. The Balaban J connectivity index is 1.40. The molecule has 0 aliphatic carbocycles. The molecular weight excluding hydrogens is 256 g/mol. The molecule has 0 radical (unpaired) electrons. The molecule has 6 nitrogen and oxygen atoms in total. The van der Waals surface area contributed by atoms with Crippen LogP contribution in [-0.2, 0) is 9.53 Å². The van der Waals surface area contributed by atoms with E-state index in [2.05, 4.69) is 15.3 Å². The third-order valence-corrected chi connectivity index (χ3v) is 4.24. The van der Waals surface area contributed by atoms with Crippen LogP contribution < -0.4 is 5.32 Å². The fraction of sp³-hybridized carbons (Fsp3) is 0.714. The average molecular weight is 278 g/mol. The van der Waals surface area contributed by atoms with E-state index in [0.29, 0.717) is 12.6 Å². The molecule has 1 N–H and O–H groups in total. The van der Waals surface area contributed by atoms with E-state index in [1.54, 1.807) is 6.20 Å². The summed E-state index contributed by atoms with van der Waals surface area (Å²) in [5.74, 6) is 0.0967. The quantitative estimate of drug-likeness (QED) is 0.848. The van der Waals surface area contributed by atoms with Gasteiger partial charge >= 0.3 is 0 Å². The van der Waals surface area contributed by atoms with Crippen molar-refractivity contribution in [2.45, 2.75) is 38.0 Å². The highest BCUT2D eigenvalue weighted by Crippen LogP contribution is 2.22. The van der Waals surface area contributed by atoms with Crippen molar-refractivity contribution in [2.24, 2.45) is 0 Å². The van der Waals surface area contributed by atoms with Crippen LogP contribution in [0.3, 0.4) is 0 Å². The van der Waals surface area contributed by atoms with E-state index in [9.17, 15) is 4.79 Å². The van der Waals surface area contributed by atoms with Crippen LogP contribution in [0.2, 0.25) is 0 Å². The third kappa shape index (κ3) is 2.86. The van der Waals surface area contributed by atoms with Crippen molar-refractivity contribution in [3.63, 3.8) is 0 Å². The predicted molar refractivity (Wildman–Crippen MR) is 74.3 cm³/mol. The van der Waals surface area contributed by atoms with Crippen LogP contribution in [0.1, 0.15) is 25.8 Å². The van der Waals surface area contributed by atoms with E-state index in [0.717, 1.165) is 32.5 Å². The number of carbonyl (C=O) groups is 1. The number of ether oxygens (including phenoxy) is 1. The van der Waals surface area contributed by atoms with E-state index in [4.69, 9.17) is 4.74 Å². The average Bonchev–Trinajstić information content (AvgIpc) is 3.07. The molecular formula is C14H22N4O2. The smallest absolute Gasteiger partial charge is 0.237 e. The minimum Gasteiger partial charge on any atom is -0.376 e. The van der Waals surface area contributed by atoms with Gasteiger partial charge in [-0.2, -0.15) is 5.10 Å². The van der Waals surface area contributed by atoms with Gasteiger partial charge in [0.05, 0.1) is 18.2 Å². The predicted octanol–water partition coefficient (Wildman–Crippen LogP) is 0.424. The zero-order chi connectivity index (χ0) is 13.9. The number of nitrogens with zero attached hydrogens (tertiary/aromatic N) is 3. The molecule has 0 bridgehead atoms. The Morgan fingerprint density at radius 1 is 1.55 bits per heavy atom. The second kappa shape index (κ2) is 5.93. The minimum atomic E-state index is -0.0804. The maximum Gasteiger partial charge on any atom is 0.237 e. The Morgan fingerprint density at radius 3 is 3.05 bits per heavy atom. The second-order valence-electron chi connectivity index (χ2n) is 5.65. The van der Waals surface area contributed by atoms with E-state index in [-0.39, 0.29) is 18.1 Å². The molecule has 0 saturated carbocycles. The molecule has 110 valence electrons. The summed E-state index contributed by atoms with van der Waals surface area (Å²) in [5.41, 5.74) is 0. The lowest BCUT2D eigenvalue weighted by molar-refractivity contribution is -0.128. The summed E-state index contributed by atoms with van der Waals surface area (Å²) in [4.78, 5) is 14.3. The SMILES string of the molecule is CC(C(=O)NCC1CCCO1)N1CC(n2cccn2)C1. The molecule has 2 saturated heterocycles.